The van der Waals surface area contributed by atoms with Gasteiger partial charge >= 0.3 is 0 Å². The zero-order valence-corrected chi connectivity index (χ0v) is 12.3. The smallest absolute Gasteiger partial charge is 0.124 e. The molecule has 0 spiro atoms. The summed E-state index contributed by atoms with van der Waals surface area (Å²) >= 11 is 3.41. The summed E-state index contributed by atoms with van der Waals surface area (Å²) < 4.78 is 13.8. The number of nitrogens with one attached hydrogen (secondary N) is 1. The van der Waals surface area contributed by atoms with Crippen molar-refractivity contribution in [1.82, 2.24) is 5.32 Å². The van der Waals surface area contributed by atoms with Crippen LogP contribution in [0, 0.1) is 11.7 Å². The first-order valence-corrected chi connectivity index (χ1v) is 6.93. The minimum Gasteiger partial charge on any atom is -0.317 e. The van der Waals surface area contributed by atoms with Crippen LogP contribution >= 0.6 is 15.9 Å². The third kappa shape index (κ3) is 5.17. The van der Waals surface area contributed by atoms with E-state index in [-0.39, 0.29) is 5.82 Å². The summed E-state index contributed by atoms with van der Waals surface area (Å²) in [4.78, 5) is 0. The van der Waals surface area contributed by atoms with Gasteiger partial charge in [0.2, 0.25) is 0 Å². The highest BCUT2D eigenvalue weighted by molar-refractivity contribution is 9.10. The lowest BCUT2D eigenvalue weighted by molar-refractivity contribution is 0.421. The molecule has 0 heterocycles. The van der Waals surface area contributed by atoms with E-state index in [2.05, 4.69) is 35.1 Å². The first-order valence-electron chi connectivity index (χ1n) is 6.14. The summed E-state index contributed by atoms with van der Waals surface area (Å²) in [5.74, 6) is 0.511. The van der Waals surface area contributed by atoms with Crippen molar-refractivity contribution in [2.24, 2.45) is 5.92 Å². The van der Waals surface area contributed by atoms with Gasteiger partial charge in [-0.25, -0.2) is 4.39 Å². The fraction of sp³-hybridized carbons (Fsp3) is 0.571. The maximum atomic E-state index is 12.9. The molecule has 0 aliphatic rings. The monoisotopic (exact) mass is 301 g/mol. The molecule has 96 valence electrons. The van der Waals surface area contributed by atoms with Crippen molar-refractivity contribution in [1.29, 1.82) is 0 Å². The van der Waals surface area contributed by atoms with Crippen molar-refractivity contribution in [3.05, 3.63) is 34.1 Å². The van der Waals surface area contributed by atoms with Crippen molar-refractivity contribution in [2.75, 3.05) is 7.05 Å². The Labute approximate surface area is 112 Å². The Balaban J connectivity index is 2.53. The Morgan fingerprint density at radius 1 is 1.35 bits per heavy atom. The summed E-state index contributed by atoms with van der Waals surface area (Å²) in [7, 11) is 2.01. The lowest BCUT2D eigenvalue weighted by atomic mass is 9.97. The molecule has 3 heteroatoms. The molecule has 1 rings (SSSR count). The molecule has 0 bridgehead atoms. The Hall–Kier alpha value is -0.410. The van der Waals surface area contributed by atoms with E-state index in [1.165, 1.54) is 24.1 Å². The SMILES string of the molecule is CNC(CCc1ccc(F)cc1Br)CC(C)C. The van der Waals surface area contributed by atoms with Crippen molar-refractivity contribution in [3.8, 4) is 0 Å². The number of halogens is 2. The van der Waals surface area contributed by atoms with Crippen molar-refractivity contribution in [2.45, 2.75) is 39.2 Å². The number of aryl methyl sites for hydroxylation is 1. The van der Waals surface area contributed by atoms with Gasteiger partial charge in [0.25, 0.3) is 0 Å². The van der Waals surface area contributed by atoms with Crippen LogP contribution in [0.4, 0.5) is 4.39 Å². The summed E-state index contributed by atoms with van der Waals surface area (Å²) in [5, 5.41) is 3.35. The summed E-state index contributed by atoms with van der Waals surface area (Å²) in [6, 6.07) is 5.46. The van der Waals surface area contributed by atoms with Crippen LogP contribution in [-0.4, -0.2) is 13.1 Å². The zero-order chi connectivity index (χ0) is 12.8. The van der Waals surface area contributed by atoms with E-state index in [1.807, 2.05) is 13.1 Å². The van der Waals surface area contributed by atoms with E-state index in [1.54, 1.807) is 0 Å². The number of benzene rings is 1. The molecule has 1 N–H and O–H groups in total. The molecule has 0 aliphatic carbocycles. The highest BCUT2D eigenvalue weighted by atomic mass is 79.9. The third-order valence-corrected chi connectivity index (χ3v) is 3.68. The first kappa shape index (κ1) is 14.7. The molecule has 17 heavy (non-hydrogen) atoms. The quantitative estimate of drug-likeness (QED) is 0.832. The Morgan fingerprint density at radius 3 is 2.59 bits per heavy atom. The van der Waals surface area contributed by atoms with Crippen LogP contribution in [0.15, 0.2) is 22.7 Å². The Kier molecular flexibility index (Phi) is 6.14. The molecule has 0 fully saturated rings. The topological polar surface area (TPSA) is 12.0 Å². The largest absolute Gasteiger partial charge is 0.317 e. The van der Waals surface area contributed by atoms with Crippen LogP contribution in [0.25, 0.3) is 0 Å². The molecular weight excluding hydrogens is 281 g/mol. The van der Waals surface area contributed by atoms with Gasteiger partial charge in [-0.15, -0.1) is 0 Å². The number of hydrogen-bond donors (Lipinski definition) is 1. The average Bonchev–Trinajstić information content (AvgIpc) is 2.25. The molecule has 1 aromatic rings. The van der Waals surface area contributed by atoms with Gasteiger partial charge in [-0.3, -0.25) is 0 Å². The van der Waals surface area contributed by atoms with E-state index in [0.717, 1.165) is 17.3 Å². The molecule has 0 aromatic heterocycles. The van der Waals surface area contributed by atoms with Crippen molar-refractivity contribution >= 4 is 15.9 Å². The van der Waals surface area contributed by atoms with Crippen LogP contribution in [0.2, 0.25) is 0 Å². The Bertz CT molecular complexity index is 352. The van der Waals surface area contributed by atoms with Gasteiger partial charge < -0.3 is 5.32 Å². The lowest BCUT2D eigenvalue weighted by Crippen LogP contribution is -2.27. The van der Waals surface area contributed by atoms with Crippen LogP contribution in [0.1, 0.15) is 32.3 Å². The van der Waals surface area contributed by atoms with Gasteiger partial charge in [-0.2, -0.15) is 0 Å². The molecule has 0 saturated heterocycles. The second-order valence-corrected chi connectivity index (χ2v) is 5.74. The minimum atomic E-state index is -0.187. The van der Waals surface area contributed by atoms with Crippen LogP contribution in [0.3, 0.4) is 0 Å². The highest BCUT2D eigenvalue weighted by Crippen LogP contribution is 2.21. The van der Waals surface area contributed by atoms with E-state index in [4.69, 9.17) is 0 Å². The summed E-state index contributed by atoms with van der Waals surface area (Å²) in [6.07, 6.45) is 3.23. The van der Waals surface area contributed by atoms with E-state index >= 15 is 0 Å². The molecule has 1 atom stereocenters. The molecule has 0 aliphatic heterocycles. The van der Waals surface area contributed by atoms with Gasteiger partial charge in [0, 0.05) is 10.5 Å². The molecule has 0 radical (unpaired) electrons. The second-order valence-electron chi connectivity index (χ2n) is 4.89. The van der Waals surface area contributed by atoms with E-state index in [0.29, 0.717) is 12.0 Å². The van der Waals surface area contributed by atoms with Gasteiger partial charge in [0.15, 0.2) is 0 Å². The van der Waals surface area contributed by atoms with E-state index < -0.39 is 0 Å². The van der Waals surface area contributed by atoms with Gasteiger partial charge in [-0.1, -0.05) is 35.8 Å². The minimum absolute atomic E-state index is 0.187. The molecule has 0 amide bonds. The van der Waals surface area contributed by atoms with Crippen molar-refractivity contribution < 1.29 is 4.39 Å². The standard InChI is InChI=1S/C14H21BrFN/c1-10(2)8-13(17-3)7-5-11-4-6-12(16)9-14(11)15/h4,6,9-10,13,17H,5,7-8H2,1-3H3. The Morgan fingerprint density at radius 2 is 2.06 bits per heavy atom. The van der Waals surface area contributed by atoms with Crippen LogP contribution in [-0.2, 0) is 6.42 Å². The fourth-order valence-corrected chi connectivity index (χ4v) is 2.55. The maximum Gasteiger partial charge on any atom is 0.124 e. The van der Waals surface area contributed by atoms with Crippen LogP contribution < -0.4 is 5.32 Å². The predicted octanol–water partition coefficient (Wildman–Crippen LogP) is 4.15. The normalized spacial score (nSPS) is 13.1. The van der Waals surface area contributed by atoms with Crippen molar-refractivity contribution in [3.63, 3.8) is 0 Å². The highest BCUT2D eigenvalue weighted by Gasteiger charge is 2.10. The molecule has 1 nitrogen and oxygen atoms in total. The average molecular weight is 302 g/mol. The van der Waals surface area contributed by atoms with Crippen LogP contribution in [0.5, 0.6) is 0 Å². The van der Waals surface area contributed by atoms with Gasteiger partial charge in [0.05, 0.1) is 0 Å². The summed E-state index contributed by atoms with van der Waals surface area (Å²) in [6.45, 7) is 4.47. The first-order chi connectivity index (χ1) is 8.02. The van der Waals surface area contributed by atoms with Gasteiger partial charge in [0.1, 0.15) is 5.82 Å². The zero-order valence-electron chi connectivity index (χ0n) is 10.8. The third-order valence-electron chi connectivity index (χ3n) is 2.94. The molecule has 1 unspecified atom stereocenters. The number of hydrogen-bond acceptors (Lipinski definition) is 1. The molecule has 0 saturated carbocycles. The fourth-order valence-electron chi connectivity index (χ4n) is 2.00. The second kappa shape index (κ2) is 7.12. The molecule has 1 aromatic carbocycles. The predicted molar refractivity (Wildman–Crippen MR) is 74.7 cm³/mol. The number of rotatable bonds is 6. The maximum absolute atomic E-state index is 12.9. The molecular formula is C14H21BrFN. The van der Waals surface area contributed by atoms with Gasteiger partial charge in [-0.05, 0) is 49.9 Å². The van der Waals surface area contributed by atoms with E-state index in [9.17, 15) is 4.39 Å². The summed E-state index contributed by atoms with van der Waals surface area (Å²) in [5.41, 5.74) is 1.18. The lowest BCUT2D eigenvalue weighted by Gasteiger charge is -2.18.